The third kappa shape index (κ3) is 5.49. The summed E-state index contributed by atoms with van der Waals surface area (Å²) in [5, 5.41) is 0. The minimum atomic E-state index is -0.880. The summed E-state index contributed by atoms with van der Waals surface area (Å²) < 4.78 is 33.1. The molecule has 1 saturated heterocycles. The summed E-state index contributed by atoms with van der Waals surface area (Å²) in [6.07, 6.45) is 8.65. The number of piperidine rings is 1. The van der Waals surface area contributed by atoms with E-state index in [-0.39, 0.29) is 5.75 Å². The van der Waals surface area contributed by atoms with Gasteiger partial charge in [-0.25, -0.2) is 18.7 Å². The zero-order chi connectivity index (χ0) is 20.8. The molecule has 1 aromatic heterocycles. The maximum atomic E-state index is 13.8. The van der Waals surface area contributed by atoms with E-state index in [0.717, 1.165) is 75.8 Å². The van der Waals surface area contributed by atoms with Crippen molar-refractivity contribution in [2.45, 2.75) is 46.0 Å². The average Bonchev–Trinajstić information content (AvgIpc) is 2.71. The molecule has 7 heteroatoms. The number of carbonyl (C=O) groups is 1. The zero-order valence-electron chi connectivity index (χ0n) is 17.0. The lowest BCUT2D eigenvalue weighted by atomic mass is 9.92. The number of aryl methyl sites for hydroxylation is 1. The highest BCUT2D eigenvalue weighted by Gasteiger charge is 2.21. The Morgan fingerprint density at radius 2 is 1.79 bits per heavy atom. The summed E-state index contributed by atoms with van der Waals surface area (Å²) in [5.74, 6) is -0.888. The van der Waals surface area contributed by atoms with Gasteiger partial charge in [0.1, 0.15) is 17.4 Å². The van der Waals surface area contributed by atoms with Gasteiger partial charge in [0.25, 0.3) is 0 Å². The smallest absolute Gasteiger partial charge is 0.225 e. The van der Waals surface area contributed by atoms with Crippen LogP contribution in [0.5, 0.6) is 5.75 Å². The van der Waals surface area contributed by atoms with E-state index in [1.807, 2.05) is 12.4 Å². The van der Waals surface area contributed by atoms with Gasteiger partial charge in [-0.1, -0.05) is 6.92 Å². The summed E-state index contributed by atoms with van der Waals surface area (Å²) in [7, 11) is 0. The van der Waals surface area contributed by atoms with Crippen LogP contribution in [0.25, 0.3) is 0 Å². The van der Waals surface area contributed by atoms with Crippen molar-refractivity contribution < 1.29 is 18.3 Å². The van der Waals surface area contributed by atoms with Crippen molar-refractivity contribution in [1.82, 2.24) is 9.97 Å². The molecule has 1 aliphatic heterocycles. The molecule has 0 atom stereocenters. The van der Waals surface area contributed by atoms with Gasteiger partial charge in [0.2, 0.25) is 5.95 Å². The zero-order valence-corrected chi connectivity index (χ0v) is 17.0. The van der Waals surface area contributed by atoms with E-state index < -0.39 is 23.0 Å². The van der Waals surface area contributed by atoms with Crippen LogP contribution in [0.15, 0.2) is 24.5 Å². The first-order valence-corrected chi connectivity index (χ1v) is 10.2. The topological polar surface area (TPSA) is 55.3 Å². The van der Waals surface area contributed by atoms with Crippen molar-refractivity contribution in [2.75, 3.05) is 24.6 Å². The van der Waals surface area contributed by atoms with Gasteiger partial charge in [0.15, 0.2) is 5.78 Å². The third-order valence-electron chi connectivity index (χ3n) is 5.39. The number of ether oxygens (including phenoxy) is 1. The molecule has 1 fully saturated rings. The molecule has 0 amide bonds. The fourth-order valence-electron chi connectivity index (χ4n) is 3.65. The Morgan fingerprint density at radius 3 is 2.34 bits per heavy atom. The van der Waals surface area contributed by atoms with Gasteiger partial charge in [0, 0.05) is 37.6 Å². The average molecular weight is 403 g/mol. The summed E-state index contributed by atoms with van der Waals surface area (Å²) in [5.41, 5.74) is 0.622. The number of Topliss-reactive ketones (excluding diaryl/α,β-unsaturated/α-hetero) is 1. The standard InChI is InChI=1S/C22H27F2N3O2/c1-3-16-13-25-22(26-14-16)27-8-6-17(7-9-27)5-4-10-29-18-11-19(23)21(15(2)28)20(24)12-18/h11-14,17H,3-10H2,1-2H3. The minimum Gasteiger partial charge on any atom is -0.493 e. The molecule has 5 nitrogen and oxygen atoms in total. The number of nitrogens with zero attached hydrogens (tertiary/aromatic N) is 3. The fourth-order valence-corrected chi connectivity index (χ4v) is 3.65. The number of aromatic nitrogens is 2. The first-order valence-electron chi connectivity index (χ1n) is 10.2. The third-order valence-corrected chi connectivity index (χ3v) is 5.39. The van der Waals surface area contributed by atoms with Crippen molar-refractivity contribution in [2.24, 2.45) is 5.92 Å². The Morgan fingerprint density at radius 1 is 1.17 bits per heavy atom. The lowest BCUT2D eigenvalue weighted by Crippen LogP contribution is -2.35. The number of hydrogen-bond donors (Lipinski definition) is 0. The van der Waals surface area contributed by atoms with E-state index >= 15 is 0 Å². The number of carbonyl (C=O) groups excluding carboxylic acids is 1. The second kappa shape index (κ2) is 9.76. The highest BCUT2D eigenvalue weighted by molar-refractivity contribution is 5.94. The van der Waals surface area contributed by atoms with Crippen molar-refractivity contribution in [3.8, 4) is 5.75 Å². The van der Waals surface area contributed by atoms with Crippen LogP contribution in [0.2, 0.25) is 0 Å². The van der Waals surface area contributed by atoms with Gasteiger partial charge in [-0.3, -0.25) is 4.79 Å². The van der Waals surface area contributed by atoms with Gasteiger partial charge >= 0.3 is 0 Å². The normalized spacial score (nSPS) is 14.8. The number of hydrogen-bond acceptors (Lipinski definition) is 5. The van der Waals surface area contributed by atoms with Gasteiger partial charge in [-0.05, 0) is 50.5 Å². The molecular formula is C22H27F2N3O2. The van der Waals surface area contributed by atoms with Crippen molar-refractivity contribution in [1.29, 1.82) is 0 Å². The minimum absolute atomic E-state index is 0.118. The number of halogens is 2. The van der Waals surface area contributed by atoms with Gasteiger partial charge in [0.05, 0.1) is 12.2 Å². The van der Waals surface area contributed by atoms with Gasteiger partial charge < -0.3 is 9.64 Å². The van der Waals surface area contributed by atoms with Crippen molar-refractivity contribution in [3.05, 3.63) is 47.3 Å². The molecule has 0 aliphatic carbocycles. The summed E-state index contributed by atoms with van der Waals surface area (Å²) in [4.78, 5) is 22.4. The van der Waals surface area contributed by atoms with Crippen molar-refractivity contribution in [3.63, 3.8) is 0 Å². The first-order chi connectivity index (χ1) is 14.0. The molecule has 3 rings (SSSR count). The monoisotopic (exact) mass is 403 g/mol. The molecule has 0 radical (unpaired) electrons. The number of ketones is 1. The van der Waals surface area contributed by atoms with Gasteiger partial charge in [-0.15, -0.1) is 0 Å². The van der Waals surface area contributed by atoms with Crippen LogP contribution < -0.4 is 9.64 Å². The number of rotatable bonds is 8. The summed E-state index contributed by atoms with van der Waals surface area (Å²) >= 11 is 0. The maximum Gasteiger partial charge on any atom is 0.225 e. The fraction of sp³-hybridized carbons (Fsp3) is 0.500. The Kier molecular flexibility index (Phi) is 7.12. The van der Waals surface area contributed by atoms with E-state index in [0.29, 0.717) is 12.5 Å². The van der Waals surface area contributed by atoms with Crippen LogP contribution in [0.1, 0.15) is 55.5 Å². The molecule has 29 heavy (non-hydrogen) atoms. The van der Waals surface area contributed by atoms with Crippen LogP contribution in [0.4, 0.5) is 14.7 Å². The number of benzene rings is 1. The Hall–Kier alpha value is -2.57. The highest BCUT2D eigenvalue weighted by atomic mass is 19.1. The molecular weight excluding hydrogens is 376 g/mol. The maximum absolute atomic E-state index is 13.8. The second-order valence-electron chi connectivity index (χ2n) is 7.48. The molecule has 1 aromatic carbocycles. The van der Waals surface area contributed by atoms with Crippen LogP contribution >= 0.6 is 0 Å². The van der Waals surface area contributed by atoms with Crippen molar-refractivity contribution >= 4 is 11.7 Å². The molecule has 2 heterocycles. The van der Waals surface area contributed by atoms with Crippen LogP contribution in [0.3, 0.4) is 0 Å². The van der Waals surface area contributed by atoms with Gasteiger partial charge in [-0.2, -0.15) is 0 Å². The van der Waals surface area contributed by atoms with Crippen LogP contribution in [-0.4, -0.2) is 35.4 Å². The molecule has 0 unspecified atom stereocenters. The Bertz CT molecular complexity index is 811. The van der Waals surface area contributed by atoms with E-state index in [1.54, 1.807) is 0 Å². The molecule has 1 aliphatic rings. The highest BCUT2D eigenvalue weighted by Crippen LogP contribution is 2.25. The van der Waals surface area contributed by atoms with E-state index in [4.69, 9.17) is 4.74 Å². The predicted octanol–water partition coefficient (Wildman–Crippen LogP) is 4.60. The molecule has 0 N–H and O–H groups in total. The second-order valence-corrected chi connectivity index (χ2v) is 7.48. The molecule has 2 aromatic rings. The van der Waals surface area contributed by atoms with Crippen LogP contribution in [0, 0.1) is 17.6 Å². The number of anilines is 1. The lowest BCUT2D eigenvalue weighted by Gasteiger charge is -2.32. The summed E-state index contributed by atoms with van der Waals surface area (Å²) in [6.45, 7) is 5.47. The van der Waals surface area contributed by atoms with Crippen LogP contribution in [-0.2, 0) is 6.42 Å². The quantitative estimate of drug-likeness (QED) is 0.476. The largest absolute Gasteiger partial charge is 0.493 e. The molecule has 156 valence electrons. The Balaban J connectivity index is 1.40. The van der Waals surface area contributed by atoms with E-state index in [2.05, 4.69) is 21.8 Å². The Labute approximate surface area is 170 Å². The van der Waals surface area contributed by atoms with E-state index in [9.17, 15) is 13.6 Å². The first kappa shape index (κ1) is 21.1. The predicted molar refractivity (Wildman–Crippen MR) is 107 cm³/mol. The lowest BCUT2D eigenvalue weighted by molar-refractivity contribution is 0.100. The molecule has 0 bridgehead atoms. The molecule has 0 spiro atoms. The molecule has 0 saturated carbocycles. The van der Waals surface area contributed by atoms with E-state index in [1.165, 1.54) is 0 Å². The summed E-state index contributed by atoms with van der Waals surface area (Å²) in [6, 6.07) is 2.14. The SMILES string of the molecule is CCc1cnc(N2CCC(CCCOc3cc(F)c(C(C)=O)c(F)c3)CC2)nc1.